The number of hydrogen-bond acceptors (Lipinski definition) is 10. The number of aromatic nitrogens is 2. The Balaban J connectivity index is 1.78. The fourth-order valence-corrected chi connectivity index (χ4v) is 2.49. The number of non-ortho nitro benzene ring substituents is 1. The number of carbonyl (C=O) groups is 1. The number of benzene rings is 2. The van der Waals surface area contributed by atoms with Gasteiger partial charge in [-0.25, -0.2) is 0 Å². The zero-order chi connectivity index (χ0) is 21.0. The van der Waals surface area contributed by atoms with Gasteiger partial charge in [0.05, 0.1) is 12.0 Å². The van der Waals surface area contributed by atoms with Gasteiger partial charge in [0.1, 0.15) is 6.29 Å². The molecule has 0 unspecified atom stereocenters. The van der Waals surface area contributed by atoms with E-state index in [0.717, 1.165) is 0 Å². The van der Waals surface area contributed by atoms with Crippen molar-refractivity contribution in [1.29, 1.82) is 0 Å². The SMILES string of the molecule is COc1cc(C=O)c(B(O)O)cc1OCc1nc(-c2ccc([N+](=O)[O-])cc2)no1. The van der Waals surface area contributed by atoms with Crippen molar-refractivity contribution in [2.24, 2.45) is 0 Å². The molecular formula is C17H14BN3O8. The number of aldehydes is 1. The Morgan fingerprint density at radius 3 is 2.55 bits per heavy atom. The highest BCUT2D eigenvalue weighted by Crippen LogP contribution is 2.28. The topological polar surface area (TPSA) is 158 Å². The summed E-state index contributed by atoms with van der Waals surface area (Å²) < 4.78 is 15.8. The minimum absolute atomic E-state index is 0.0439. The summed E-state index contributed by atoms with van der Waals surface area (Å²) in [6.45, 7) is -0.169. The summed E-state index contributed by atoms with van der Waals surface area (Å²) in [4.78, 5) is 25.4. The first-order valence-corrected chi connectivity index (χ1v) is 8.16. The van der Waals surface area contributed by atoms with Gasteiger partial charge in [-0.1, -0.05) is 5.16 Å². The van der Waals surface area contributed by atoms with Crippen molar-refractivity contribution in [2.75, 3.05) is 7.11 Å². The molecule has 2 N–H and O–H groups in total. The maximum atomic E-state index is 11.1. The zero-order valence-corrected chi connectivity index (χ0v) is 15.0. The molecule has 3 rings (SSSR count). The first-order chi connectivity index (χ1) is 13.9. The van der Waals surface area contributed by atoms with Gasteiger partial charge in [-0.3, -0.25) is 14.9 Å². The Kier molecular flexibility index (Phi) is 5.86. The average molecular weight is 399 g/mol. The van der Waals surface area contributed by atoms with E-state index in [1.54, 1.807) is 0 Å². The van der Waals surface area contributed by atoms with Gasteiger partial charge in [-0.15, -0.1) is 0 Å². The second kappa shape index (κ2) is 8.50. The van der Waals surface area contributed by atoms with Crippen molar-refractivity contribution in [3.8, 4) is 22.9 Å². The lowest BCUT2D eigenvalue weighted by Gasteiger charge is -2.12. The molecule has 12 heteroatoms. The molecule has 0 spiro atoms. The molecule has 0 bridgehead atoms. The largest absolute Gasteiger partial charge is 0.493 e. The summed E-state index contributed by atoms with van der Waals surface area (Å²) in [6.07, 6.45) is 0.468. The van der Waals surface area contributed by atoms with Crippen LogP contribution in [0.3, 0.4) is 0 Å². The fraction of sp³-hybridized carbons (Fsp3) is 0.118. The van der Waals surface area contributed by atoms with Crippen LogP contribution >= 0.6 is 0 Å². The highest BCUT2D eigenvalue weighted by atomic mass is 16.6. The van der Waals surface area contributed by atoms with Crippen LogP contribution in [0.1, 0.15) is 16.2 Å². The summed E-state index contributed by atoms with van der Waals surface area (Å²) >= 11 is 0. The lowest BCUT2D eigenvalue weighted by Crippen LogP contribution is -2.33. The molecule has 1 heterocycles. The minimum atomic E-state index is -1.87. The Bertz CT molecular complexity index is 1040. The molecule has 0 radical (unpaired) electrons. The van der Waals surface area contributed by atoms with E-state index in [9.17, 15) is 25.0 Å². The lowest BCUT2D eigenvalue weighted by molar-refractivity contribution is -0.384. The summed E-state index contributed by atoms with van der Waals surface area (Å²) in [5.41, 5.74) is 0.452. The number of hydrogen-bond donors (Lipinski definition) is 2. The molecule has 1 aromatic heterocycles. The van der Waals surface area contributed by atoms with Gasteiger partial charge in [0, 0.05) is 23.3 Å². The van der Waals surface area contributed by atoms with Gasteiger partial charge in [-0.2, -0.15) is 4.98 Å². The third kappa shape index (κ3) is 4.39. The number of carbonyl (C=O) groups excluding carboxylic acids is 1. The molecule has 0 saturated carbocycles. The monoisotopic (exact) mass is 399 g/mol. The van der Waals surface area contributed by atoms with Crippen molar-refractivity contribution >= 4 is 24.6 Å². The maximum Gasteiger partial charge on any atom is 0.489 e. The number of nitro groups is 1. The van der Waals surface area contributed by atoms with Crippen LogP contribution in [0.5, 0.6) is 11.5 Å². The van der Waals surface area contributed by atoms with Crippen LogP contribution in [-0.4, -0.2) is 45.6 Å². The molecule has 0 atom stereocenters. The van der Waals surface area contributed by atoms with Gasteiger partial charge < -0.3 is 24.0 Å². The molecular weight excluding hydrogens is 385 g/mol. The summed E-state index contributed by atoms with van der Waals surface area (Å²) in [6, 6.07) is 8.20. The van der Waals surface area contributed by atoms with E-state index in [4.69, 9.17) is 14.0 Å². The zero-order valence-electron chi connectivity index (χ0n) is 15.0. The Morgan fingerprint density at radius 1 is 1.24 bits per heavy atom. The molecule has 0 aliphatic rings. The van der Waals surface area contributed by atoms with Crippen LogP contribution in [0.25, 0.3) is 11.4 Å². The van der Waals surface area contributed by atoms with Crippen molar-refractivity contribution < 1.29 is 33.8 Å². The second-order valence-corrected chi connectivity index (χ2v) is 5.73. The van der Waals surface area contributed by atoms with Crippen LogP contribution < -0.4 is 14.9 Å². The number of methoxy groups -OCH3 is 1. The standard InChI is InChI=1S/C17H14BN3O8/c1-27-14-6-11(8-22)13(18(23)24)7-15(14)28-9-16-19-17(20-29-16)10-2-4-12(5-3-10)21(25)26/h2-8,23-24H,9H2,1H3. The van der Waals surface area contributed by atoms with Gasteiger partial charge in [0.2, 0.25) is 5.82 Å². The van der Waals surface area contributed by atoms with Gasteiger partial charge in [-0.05, 0) is 29.7 Å². The molecule has 0 aliphatic carbocycles. The molecule has 0 saturated heterocycles. The summed E-state index contributed by atoms with van der Waals surface area (Å²) in [5, 5.41) is 33.3. The minimum Gasteiger partial charge on any atom is -0.493 e. The molecule has 0 amide bonds. The Morgan fingerprint density at radius 2 is 1.97 bits per heavy atom. The van der Waals surface area contributed by atoms with Gasteiger partial charge in [0.25, 0.3) is 11.6 Å². The molecule has 2 aromatic carbocycles. The first kappa shape index (κ1) is 20.0. The summed E-state index contributed by atoms with van der Waals surface area (Å²) in [7, 11) is -0.508. The fourth-order valence-electron chi connectivity index (χ4n) is 2.49. The number of ether oxygens (including phenoxy) is 2. The van der Waals surface area contributed by atoms with Crippen LogP contribution in [0.2, 0.25) is 0 Å². The van der Waals surface area contributed by atoms with E-state index in [0.29, 0.717) is 11.8 Å². The molecule has 29 heavy (non-hydrogen) atoms. The van der Waals surface area contributed by atoms with Crippen LogP contribution in [0.15, 0.2) is 40.9 Å². The van der Waals surface area contributed by atoms with Crippen molar-refractivity contribution in [2.45, 2.75) is 6.61 Å². The van der Waals surface area contributed by atoms with Crippen LogP contribution in [0, 0.1) is 10.1 Å². The van der Waals surface area contributed by atoms with Crippen LogP contribution in [0.4, 0.5) is 5.69 Å². The highest BCUT2D eigenvalue weighted by Gasteiger charge is 2.21. The molecule has 3 aromatic rings. The quantitative estimate of drug-likeness (QED) is 0.239. The average Bonchev–Trinajstić information content (AvgIpc) is 3.20. The van der Waals surface area contributed by atoms with Crippen molar-refractivity contribution in [3.05, 3.63) is 58.0 Å². The maximum absolute atomic E-state index is 11.1. The van der Waals surface area contributed by atoms with Crippen LogP contribution in [-0.2, 0) is 6.61 Å². The van der Waals surface area contributed by atoms with E-state index in [-0.39, 0.29) is 46.5 Å². The lowest BCUT2D eigenvalue weighted by atomic mass is 9.77. The van der Waals surface area contributed by atoms with Crippen molar-refractivity contribution in [3.63, 3.8) is 0 Å². The number of nitro benzene ring substituents is 1. The third-order valence-electron chi connectivity index (χ3n) is 3.93. The Labute approximate surface area is 163 Å². The van der Waals surface area contributed by atoms with E-state index >= 15 is 0 Å². The van der Waals surface area contributed by atoms with Gasteiger partial charge >= 0.3 is 7.12 Å². The highest BCUT2D eigenvalue weighted by molar-refractivity contribution is 6.60. The second-order valence-electron chi connectivity index (χ2n) is 5.73. The first-order valence-electron chi connectivity index (χ1n) is 8.16. The van der Waals surface area contributed by atoms with E-state index in [1.165, 1.54) is 43.5 Å². The Hall–Kier alpha value is -3.77. The van der Waals surface area contributed by atoms with Gasteiger partial charge in [0.15, 0.2) is 18.1 Å². The predicted molar refractivity (Wildman–Crippen MR) is 98.9 cm³/mol. The van der Waals surface area contributed by atoms with E-state index in [1.807, 2.05) is 0 Å². The smallest absolute Gasteiger partial charge is 0.489 e. The third-order valence-corrected chi connectivity index (χ3v) is 3.93. The molecule has 11 nitrogen and oxygen atoms in total. The summed E-state index contributed by atoms with van der Waals surface area (Å²) in [5.74, 6) is 0.655. The normalized spacial score (nSPS) is 10.4. The number of nitrogens with zero attached hydrogens (tertiary/aromatic N) is 3. The van der Waals surface area contributed by atoms with E-state index < -0.39 is 12.0 Å². The molecule has 0 aliphatic heterocycles. The van der Waals surface area contributed by atoms with E-state index in [2.05, 4.69) is 10.1 Å². The number of rotatable bonds is 8. The molecule has 148 valence electrons. The predicted octanol–water partition coefficient (Wildman–Crippen LogP) is 0.725. The molecule has 0 fully saturated rings. The van der Waals surface area contributed by atoms with Crippen molar-refractivity contribution in [1.82, 2.24) is 10.1 Å².